The van der Waals surface area contributed by atoms with Crippen molar-refractivity contribution in [1.29, 1.82) is 0 Å². The van der Waals surface area contributed by atoms with Crippen LogP contribution in [-0.2, 0) is 11.8 Å². The summed E-state index contributed by atoms with van der Waals surface area (Å²) in [5, 5.41) is 14.4. The minimum atomic E-state index is -0.333. The minimum Gasteiger partial charge on any atom is -0.396 e. The van der Waals surface area contributed by atoms with Gasteiger partial charge in [0.15, 0.2) is 0 Å². The van der Waals surface area contributed by atoms with Crippen LogP contribution in [0.15, 0.2) is 51.1 Å². The Morgan fingerprint density at radius 1 is 1.30 bits per heavy atom. The van der Waals surface area contributed by atoms with E-state index in [1.807, 2.05) is 30.3 Å². The highest BCUT2D eigenvalue weighted by atomic mass is 32.2. The van der Waals surface area contributed by atoms with Gasteiger partial charge in [-0.2, -0.15) is 4.52 Å². The van der Waals surface area contributed by atoms with Gasteiger partial charge in [-0.05, 0) is 19.1 Å². The number of aromatic nitrogens is 6. The predicted molar refractivity (Wildman–Crippen MR) is 98.1 cm³/mol. The Balaban J connectivity index is 1.51. The fraction of sp³-hybridized carbons (Fsp3) is 0.188. The number of nitrogens with one attached hydrogen (secondary N) is 1. The Bertz CT molecular complexity index is 1140. The summed E-state index contributed by atoms with van der Waals surface area (Å²) < 4.78 is 9.92. The number of thioether (sulfide) groups is 1. The van der Waals surface area contributed by atoms with Crippen LogP contribution in [0, 0.1) is 6.92 Å². The van der Waals surface area contributed by atoms with Gasteiger partial charge in [0.1, 0.15) is 12.0 Å². The van der Waals surface area contributed by atoms with Gasteiger partial charge >= 0.3 is 5.84 Å². The van der Waals surface area contributed by atoms with Gasteiger partial charge < -0.3 is 9.73 Å². The Kier molecular flexibility index (Phi) is 4.28. The zero-order chi connectivity index (χ0) is 19.0. The molecule has 11 heteroatoms. The molecule has 0 aliphatic carbocycles. The van der Waals surface area contributed by atoms with Gasteiger partial charge in [-0.1, -0.05) is 35.1 Å². The molecule has 10 nitrogen and oxygen atoms in total. The number of fused-ring (bicyclic) bond motifs is 1. The standard InChI is InChI=1S/C16H15N7O3S/c1-10-13(14(25)23(21(10)2)11-6-4-3-5-7-11)18-12(24)8-27-16-20-22-9-17-19-15(22)26-16/h3-7,9H,8H2,1-2H3,(H,18,24). The number of amides is 1. The lowest BCUT2D eigenvalue weighted by atomic mass is 10.3. The predicted octanol–water partition coefficient (Wildman–Crippen LogP) is 1.25. The third kappa shape index (κ3) is 3.12. The first kappa shape index (κ1) is 17.1. The fourth-order valence-corrected chi connectivity index (χ4v) is 3.22. The van der Waals surface area contributed by atoms with Gasteiger partial charge in [-0.3, -0.25) is 14.3 Å². The summed E-state index contributed by atoms with van der Waals surface area (Å²) in [7, 11) is 1.77. The van der Waals surface area contributed by atoms with Gasteiger partial charge in [0.05, 0.1) is 17.1 Å². The first-order valence-corrected chi connectivity index (χ1v) is 8.96. The van der Waals surface area contributed by atoms with Gasteiger partial charge in [-0.15, -0.1) is 10.2 Å². The highest BCUT2D eigenvalue weighted by Crippen LogP contribution is 2.18. The van der Waals surface area contributed by atoms with E-state index in [4.69, 9.17) is 4.42 Å². The van der Waals surface area contributed by atoms with E-state index in [2.05, 4.69) is 20.6 Å². The molecule has 1 N–H and O–H groups in total. The van der Waals surface area contributed by atoms with Crippen LogP contribution in [0.25, 0.3) is 11.5 Å². The van der Waals surface area contributed by atoms with E-state index < -0.39 is 0 Å². The average Bonchev–Trinajstić information content (AvgIpc) is 3.31. The van der Waals surface area contributed by atoms with Crippen LogP contribution in [0.1, 0.15) is 5.69 Å². The number of rotatable bonds is 5. The summed E-state index contributed by atoms with van der Waals surface area (Å²) in [5.41, 5.74) is 1.33. The van der Waals surface area contributed by atoms with E-state index in [0.29, 0.717) is 10.9 Å². The van der Waals surface area contributed by atoms with E-state index >= 15 is 0 Å². The summed E-state index contributed by atoms with van der Waals surface area (Å²) >= 11 is 1.10. The molecular weight excluding hydrogens is 370 g/mol. The van der Waals surface area contributed by atoms with Crippen LogP contribution >= 0.6 is 11.8 Å². The number of carbonyl (C=O) groups excluding carboxylic acids is 1. The molecule has 0 fully saturated rings. The Morgan fingerprint density at radius 3 is 2.81 bits per heavy atom. The van der Waals surface area contributed by atoms with Gasteiger partial charge in [0.25, 0.3) is 10.8 Å². The van der Waals surface area contributed by atoms with Crippen LogP contribution in [0.2, 0.25) is 0 Å². The van der Waals surface area contributed by atoms with Gasteiger partial charge in [0.2, 0.25) is 5.91 Å². The van der Waals surface area contributed by atoms with Crippen LogP contribution in [-0.4, -0.2) is 40.8 Å². The van der Waals surface area contributed by atoms with Crippen LogP contribution in [0.3, 0.4) is 0 Å². The van der Waals surface area contributed by atoms with Crippen molar-refractivity contribution in [3.05, 3.63) is 52.7 Å². The number of hydrogen-bond acceptors (Lipinski definition) is 7. The molecule has 3 heterocycles. The third-order valence-corrected chi connectivity index (χ3v) is 4.83. The molecule has 0 aliphatic heterocycles. The molecule has 27 heavy (non-hydrogen) atoms. The van der Waals surface area contributed by atoms with Crippen LogP contribution in [0.4, 0.5) is 5.69 Å². The normalized spacial score (nSPS) is 11.2. The molecule has 138 valence electrons. The topological polar surface area (TPSA) is 112 Å². The first-order chi connectivity index (χ1) is 13.0. The van der Waals surface area contributed by atoms with Crippen molar-refractivity contribution >= 4 is 29.2 Å². The Morgan fingerprint density at radius 2 is 2.07 bits per heavy atom. The zero-order valence-electron chi connectivity index (χ0n) is 14.5. The molecular formula is C16H15N7O3S. The van der Waals surface area contributed by atoms with E-state index in [9.17, 15) is 9.59 Å². The summed E-state index contributed by atoms with van der Waals surface area (Å²) in [5.74, 6) is -0.0431. The van der Waals surface area contributed by atoms with Crippen molar-refractivity contribution < 1.29 is 9.21 Å². The minimum absolute atomic E-state index is 0.0379. The van der Waals surface area contributed by atoms with Crippen molar-refractivity contribution in [2.24, 2.45) is 7.05 Å². The maximum absolute atomic E-state index is 12.8. The van der Waals surface area contributed by atoms with E-state index in [1.54, 1.807) is 18.7 Å². The van der Waals surface area contributed by atoms with Crippen LogP contribution in [0.5, 0.6) is 0 Å². The summed E-state index contributed by atoms with van der Waals surface area (Å²) in [6, 6.07) is 9.23. The molecule has 0 saturated carbocycles. The Hall–Kier alpha value is -3.34. The Labute approximate surface area is 156 Å². The van der Waals surface area contributed by atoms with E-state index in [0.717, 1.165) is 17.4 Å². The molecule has 0 bridgehead atoms. The summed E-state index contributed by atoms with van der Waals surface area (Å²) in [6.45, 7) is 1.78. The second-order valence-corrected chi connectivity index (χ2v) is 6.63. The SMILES string of the molecule is Cc1c(NC(=O)CSc2nn3cnnc3o2)c(=O)n(-c2ccccc2)n1C. The smallest absolute Gasteiger partial charge is 0.345 e. The molecule has 0 radical (unpaired) electrons. The zero-order valence-corrected chi connectivity index (χ0v) is 15.3. The highest BCUT2D eigenvalue weighted by Gasteiger charge is 2.18. The molecule has 4 aromatic rings. The van der Waals surface area contributed by atoms with Crippen molar-refractivity contribution in [2.75, 3.05) is 11.1 Å². The molecule has 0 aliphatic rings. The third-order valence-electron chi connectivity index (χ3n) is 4.01. The molecule has 0 unspecified atom stereocenters. The molecule has 4 rings (SSSR count). The lowest BCUT2D eigenvalue weighted by Crippen LogP contribution is -2.23. The number of benzene rings is 1. The number of nitrogens with zero attached hydrogens (tertiary/aromatic N) is 6. The van der Waals surface area contributed by atoms with Crippen molar-refractivity contribution in [1.82, 2.24) is 29.2 Å². The quantitative estimate of drug-likeness (QED) is 0.514. The molecule has 1 amide bonds. The number of anilines is 1. The first-order valence-electron chi connectivity index (χ1n) is 7.98. The van der Waals surface area contributed by atoms with Crippen molar-refractivity contribution in [3.8, 4) is 5.69 Å². The monoisotopic (exact) mass is 385 g/mol. The van der Waals surface area contributed by atoms with Gasteiger partial charge in [0, 0.05) is 7.05 Å². The van der Waals surface area contributed by atoms with Crippen molar-refractivity contribution in [3.63, 3.8) is 0 Å². The maximum Gasteiger partial charge on any atom is 0.345 e. The van der Waals surface area contributed by atoms with Crippen molar-refractivity contribution in [2.45, 2.75) is 12.1 Å². The lowest BCUT2D eigenvalue weighted by Gasteiger charge is -2.07. The molecule has 3 aromatic heterocycles. The van der Waals surface area contributed by atoms with E-state index in [1.165, 1.54) is 15.5 Å². The number of carbonyl (C=O) groups is 1. The molecule has 0 saturated heterocycles. The van der Waals surface area contributed by atoms with Crippen LogP contribution < -0.4 is 10.9 Å². The highest BCUT2D eigenvalue weighted by molar-refractivity contribution is 7.99. The maximum atomic E-state index is 12.8. The second-order valence-electron chi connectivity index (χ2n) is 5.70. The summed E-state index contributed by atoms with van der Waals surface area (Å²) in [4.78, 5) is 25.1. The second kappa shape index (κ2) is 6.76. The fourth-order valence-electron chi connectivity index (χ4n) is 2.61. The van der Waals surface area contributed by atoms with E-state index in [-0.39, 0.29) is 28.8 Å². The number of para-hydroxylation sites is 1. The molecule has 0 atom stereocenters. The average molecular weight is 385 g/mol. The number of hydrogen-bond donors (Lipinski definition) is 1. The lowest BCUT2D eigenvalue weighted by molar-refractivity contribution is -0.113. The molecule has 1 aromatic carbocycles. The van der Waals surface area contributed by atoms with Gasteiger partial charge in [-0.25, -0.2) is 4.68 Å². The largest absolute Gasteiger partial charge is 0.396 e. The summed E-state index contributed by atoms with van der Waals surface area (Å²) in [6.07, 6.45) is 1.41. The molecule has 0 spiro atoms.